The van der Waals surface area contributed by atoms with Crippen LogP contribution >= 0.6 is 11.3 Å². The number of ether oxygens (including phenoxy) is 1. The van der Waals surface area contributed by atoms with Crippen molar-refractivity contribution in [2.45, 2.75) is 78.7 Å². The van der Waals surface area contributed by atoms with Crippen molar-refractivity contribution in [1.29, 1.82) is 0 Å². The molecule has 0 spiro atoms. The van der Waals surface area contributed by atoms with E-state index >= 15 is 0 Å². The normalized spacial score (nSPS) is 15.1. The lowest BCUT2D eigenvalue weighted by molar-refractivity contribution is -0.127. The molecule has 0 unspecified atom stereocenters. The Morgan fingerprint density at radius 3 is 2.38 bits per heavy atom. The highest BCUT2D eigenvalue weighted by Crippen LogP contribution is 2.35. The van der Waals surface area contributed by atoms with Crippen molar-refractivity contribution in [3.05, 3.63) is 45.3 Å². The van der Waals surface area contributed by atoms with Crippen molar-refractivity contribution in [1.82, 2.24) is 20.5 Å². The zero-order valence-corrected chi connectivity index (χ0v) is 29.6. The maximum atomic E-state index is 13.3. The van der Waals surface area contributed by atoms with Gasteiger partial charge in [0.2, 0.25) is 11.8 Å². The number of hydrogen-bond donors (Lipinski definition) is 3. The van der Waals surface area contributed by atoms with Gasteiger partial charge in [0.1, 0.15) is 17.3 Å². The summed E-state index contributed by atoms with van der Waals surface area (Å²) in [5.74, 6) is 0.960. The first-order valence-electron chi connectivity index (χ1n) is 16.8. The predicted octanol–water partition coefficient (Wildman–Crippen LogP) is 4.85. The molecule has 3 amide bonds. The van der Waals surface area contributed by atoms with Crippen molar-refractivity contribution in [3.63, 3.8) is 0 Å². The summed E-state index contributed by atoms with van der Waals surface area (Å²) in [4.78, 5) is 65.5. The van der Waals surface area contributed by atoms with Crippen molar-refractivity contribution in [3.8, 4) is 0 Å². The lowest BCUT2D eigenvalue weighted by Crippen LogP contribution is -2.43. The molecule has 2 aromatic rings. The summed E-state index contributed by atoms with van der Waals surface area (Å²) in [6.07, 6.45) is 6.67. The minimum Gasteiger partial charge on any atom is -0.444 e. The number of nitrogens with two attached hydrogens (primary N) is 1. The zero-order valence-electron chi connectivity index (χ0n) is 28.8. The largest absolute Gasteiger partial charge is 0.444 e. The number of anilines is 1. The molecule has 0 aliphatic carbocycles. The molecule has 4 heterocycles. The van der Waals surface area contributed by atoms with Crippen LogP contribution in [0.15, 0.2) is 35.0 Å². The number of pyridine rings is 1. The molecule has 0 atom stereocenters. The van der Waals surface area contributed by atoms with Crippen LogP contribution in [-0.2, 0) is 20.7 Å². The fourth-order valence-corrected chi connectivity index (χ4v) is 6.68. The summed E-state index contributed by atoms with van der Waals surface area (Å²) in [5, 5.41) is 5.54. The Morgan fingerprint density at radius 2 is 1.75 bits per heavy atom. The number of nitrogens with zero attached hydrogens (tertiary/aromatic N) is 4. The molecule has 12 nitrogen and oxygen atoms in total. The molecule has 0 saturated carbocycles. The van der Waals surface area contributed by atoms with E-state index in [0.717, 1.165) is 29.1 Å². The Labute approximate surface area is 287 Å². The Bertz CT molecular complexity index is 1510. The van der Waals surface area contributed by atoms with Crippen LogP contribution in [0.5, 0.6) is 0 Å². The predicted molar refractivity (Wildman–Crippen MR) is 190 cm³/mol. The van der Waals surface area contributed by atoms with Gasteiger partial charge in [0.25, 0.3) is 0 Å². The standard InChI is InChI=1S/C35H49N7O5S/c1-6-14-42(15-7-2)33(45)25-19-28-26(40-30(36)20-25)21-29(48-28)27(43)18-23-8-9-31(39-22-23)41-16-10-24(11-17-41)32(44)37-12-13-38-34(46)47-35(3,4)5/h8-9,19,21-22,24H,6-7,10-18,20H2,1-5H3,(H2,36,40)(H,37,44)(H,38,46). The monoisotopic (exact) mass is 679 g/mol. The van der Waals surface area contributed by atoms with Gasteiger partial charge >= 0.3 is 6.09 Å². The molecule has 4 rings (SSSR count). The van der Waals surface area contributed by atoms with E-state index in [4.69, 9.17) is 10.5 Å². The van der Waals surface area contributed by atoms with Crippen LogP contribution in [0.25, 0.3) is 6.08 Å². The van der Waals surface area contributed by atoms with Crippen LogP contribution in [0.4, 0.5) is 16.3 Å². The summed E-state index contributed by atoms with van der Waals surface area (Å²) in [6, 6.07) is 5.59. The molecule has 2 aliphatic rings. The van der Waals surface area contributed by atoms with Gasteiger partial charge in [0.15, 0.2) is 5.78 Å². The third-order valence-corrected chi connectivity index (χ3v) is 9.07. The molecule has 2 aliphatic heterocycles. The zero-order chi connectivity index (χ0) is 34.8. The third kappa shape index (κ3) is 10.4. The highest BCUT2D eigenvalue weighted by Gasteiger charge is 2.26. The maximum absolute atomic E-state index is 13.3. The summed E-state index contributed by atoms with van der Waals surface area (Å²) in [5.41, 5.74) is 7.63. The van der Waals surface area contributed by atoms with Crippen molar-refractivity contribution in [2.75, 3.05) is 44.2 Å². The molecular weight excluding hydrogens is 630 g/mol. The van der Waals surface area contributed by atoms with Crippen molar-refractivity contribution < 1.29 is 23.9 Å². The van der Waals surface area contributed by atoms with E-state index in [9.17, 15) is 19.2 Å². The number of aliphatic imine (C=N–C) groups is 1. The van der Waals surface area contributed by atoms with Crippen LogP contribution < -0.4 is 21.3 Å². The number of carbonyl (C=O) groups excluding carboxylic acids is 4. The number of aromatic nitrogens is 1. The van der Waals surface area contributed by atoms with Crippen LogP contribution in [0.2, 0.25) is 0 Å². The first kappa shape index (κ1) is 36.6. The van der Waals surface area contributed by atoms with Gasteiger partial charge in [0, 0.05) is 69.8 Å². The number of amidine groups is 1. The van der Waals surface area contributed by atoms with Crippen LogP contribution in [0, 0.1) is 5.92 Å². The molecule has 0 bridgehead atoms. The average Bonchev–Trinajstić information content (AvgIpc) is 3.36. The second-order valence-electron chi connectivity index (χ2n) is 13.2. The number of alkyl carbamates (subject to hydrolysis) is 1. The SMILES string of the molecule is CCCN(CCC)C(=O)C1=Cc2sc(C(=O)Cc3ccc(N4CCC(C(=O)NCCNC(=O)OC(C)(C)C)CC4)nc3)cc2N=C(N)C1. The average molecular weight is 680 g/mol. The van der Waals surface area contributed by atoms with E-state index in [1.807, 2.05) is 23.1 Å². The van der Waals surface area contributed by atoms with E-state index in [-0.39, 0.29) is 36.4 Å². The third-order valence-electron chi connectivity index (χ3n) is 7.96. The summed E-state index contributed by atoms with van der Waals surface area (Å²) >= 11 is 1.33. The Hall–Kier alpha value is -4.26. The fourth-order valence-electron chi connectivity index (χ4n) is 5.68. The molecule has 0 radical (unpaired) electrons. The second-order valence-corrected chi connectivity index (χ2v) is 14.3. The van der Waals surface area contributed by atoms with Gasteiger partial charge in [-0.15, -0.1) is 11.3 Å². The Balaban J connectivity index is 1.28. The van der Waals surface area contributed by atoms with Crippen molar-refractivity contribution >= 4 is 58.4 Å². The van der Waals surface area contributed by atoms with Gasteiger partial charge in [-0.1, -0.05) is 19.9 Å². The number of piperidine rings is 1. The van der Waals surface area contributed by atoms with Crippen LogP contribution in [0.3, 0.4) is 0 Å². The number of fused-ring (bicyclic) bond motifs is 1. The van der Waals surface area contributed by atoms with Gasteiger partial charge in [-0.25, -0.2) is 14.8 Å². The number of Topliss-reactive ketones (excluding diaryl/α,β-unsaturated/α-hetero) is 1. The highest BCUT2D eigenvalue weighted by molar-refractivity contribution is 7.15. The molecule has 4 N–H and O–H groups in total. The molecular formula is C35H49N7O5S. The van der Waals surface area contributed by atoms with E-state index in [0.29, 0.717) is 74.1 Å². The fraction of sp³-hybridized carbons (Fsp3) is 0.543. The second kappa shape index (κ2) is 16.7. The van der Waals surface area contributed by atoms with Crippen LogP contribution in [-0.4, -0.2) is 84.3 Å². The first-order valence-corrected chi connectivity index (χ1v) is 17.6. The number of thiophene rings is 1. The smallest absolute Gasteiger partial charge is 0.407 e. The number of rotatable bonds is 13. The van der Waals surface area contributed by atoms with E-state index in [1.54, 1.807) is 33.0 Å². The van der Waals surface area contributed by atoms with Crippen LogP contribution in [0.1, 0.15) is 86.8 Å². The highest BCUT2D eigenvalue weighted by atomic mass is 32.1. The molecule has 1 saturated heterocycles. The van der Waals surface area contributed by atoms with Gasteiger partial charge in [-0.2, -0.15) is 0 Å². The van der Waals surface area contributed by atoms with E-state index in [2.05, 4.69) is 39.4 Å². The maximum Gasteiger partial charge on any atom is 0.407 e. The van der Waals surface area contributed by atoms with Gasteiger partial charge < -0.3 is 30.9 Å². The number of hydrogen-bond acceptors (Lipinski definition) is 10. The Kier molecular flexibility index (Phi) is 12.7. The summed E-state index contributed by atoms with van der Waals surface area (Å²) in [7, 11) is 0. The molecule has 260 valence electrons. The minimum atomic E-state index is -0.569. The number of nitrogens with one attached hydrogen (secondary N) is 2. The topological polar surface area (TPSA) is 159 Å². The number of carbonyl (C=O) groups is 4. The lowest BCUT2D eigenvalue weighted by Gasteiger charge is -2.32. The molecule has 13 heteroatoms. The minimum absolute atomic E-state index is 0.0185. The van der Waals surface area contributed by atoms with Gasteiger partial charge in [-0.3, -0.25) is 14.4 Å². The molecule has 1 fully saturated rings. The quantitative estimate of drug-likeness (QED) is 0.200. The molecule has 48 heavy (non-hydrogen) atoms. The lowest BCUT2D eigenvalue weighted by atomic mass is 9.96. The summed E-state index contributed by atoms with van der Waals surface area (Å²) < 4.78 is 5.20. The summed E-state index contributed by atoms with van der Waals surface area (Å²) in [6.45, 7) is 12.9. The number of amides is 3. The van der Waals surface area contributed by atoms with Gasteiger partial charge in [-0.05, 0) is 70.2 Å². The van der Waals surface area contributed by atoms with E-state index < -0.39 is 11.7 Å². The first-order chi connectivity index (χ1) is 22.9. The number of ketones is 1. The molecule has 0 aromatic carbocycles. The molecule has 2 aromatic heterocycles. The van der Waals surface area contributed by atoms with E-state index in [1.165, 1.54) is 11.3 Å². The Morgan fingerprint density at radius 1 is 1.06 bits per heavy atom. The van der Waals surface area contributed by atoms with Crippen molar-refractivity contribution in [2.24, 2.45) is 16.6 Å². The van der Waals surface area contributed by atoms with Gasteiger partial charge in [0.05, 0.1) is 15.4 Å².